The number of halogens is 1. The molecule has 0 aliphatic heterocycles. The van der Waals surface area contributed by atoms with Crippen molar-refractivity contribution < 1.29 is 4.79 Å². The zero-order valence-corrected chi connectivity index (χ0v) is 9.68. The Morgan fingerprint density at radius 2 is 2.12 bits per heavy atom. The number of aliphatic imine (C=N–C) groups is 1. The van der Waals surface area contributed by atoms with Gasteiger partial charge in [-0.15, -0.1) is 11.3 Å². The highest BCUT2D eigenvalue weighted by molar-refractivity contribution is 7.21. The largest absolute Gasteiger partial charge is 0.370 e. The van der Waals surface area contributed by atoms with Gasteiger partial charge >= 0.3 is 0 Å². The average Bonchev–Trinajstić information content (AvgIpc) is 2.61. The molecule has 1 aromatic heterocycles. The average molecular weight is 254 g/mol. The van der Waals surface area contributed by atoms with Gasteiger partial charge in [-0.2, -0.15) is 4.99 Å². The van der Waals surface area contributed by atoms with E-state index in [1.54, 1.807) is 12.1 Å². The fourth-order valence-corrected chi connectivity index (χ4v) is 2.56. The highest BCUT2D eigenvalue weighted by Crippen LogP contribution is 2.31. The number of hydrogen-bond acceptors (Lipinski definition) is 2. The molecule has 0 saturated heterocycles. The van der Waals surface area contributed by atoms with Crippen molar-refractivity contribution in [1.29, 1.82) is 0 Å². The quantitative estimate of drug-likeness (QED) is 0.602. The first-order valence-corrected chi connectivity index (χ1v) is 5.59. The van der Waals surface area contributed by atoms with Gasteiger partial charge in [-0.1, -0.05) is 17.7 Å². The first-order chi connectivity index (χ1) is 7.58. The second-order valence-corrected chi connectivity index (χ2v) is 4.60. The van der Waals surface area contributed by atoms with E-state index < -0.39 is 5.91 Å². The number of nitrogens with zero attached hydrogens (tertiary/aromatic N) is 1. The van der Waals surface area contributed by atoms with Crippen LogP contribution >= 0.6 is 22.9 Å². The smallest absolute Gasteiger partial charge is 0.290 e. The zero-order valence-electron chi connectivity index (χ0n) is 8.11. The van der Waals surface area contributed by atoms with Gasteiger partial charge in [0.1, 0.15) is 0 Å². The number of thiophene rings is 1. The van der Waals surface area contributed by atoms with Gasteiger partial charge in [0, 0.05) is 15.1 Å². The Balaban J connectivity index is 2.52. The zero-order chi connectivity index (χ0) is 11.7. The van der Waals surface area contributed by atoms with Crippen molar-refractivity contribution in [1.82, 2.24) is 0 Å². The van der Waals surface area contributed by atoms with Crippen LogP contribution in [0.4, 0.5) is 0 Å². The molecule has 2 aromatic rings. The minimum atomic E-state index is -0.447. The van der Waals surface area contributed by atoms with Crippen LogP contribution in [-0.4, -0.2) is 11.9 Å². The molecule has 82 valence electrons. The normalized spacial score (nSPS) is 10.3. The number of rotatable bonds is 1. The maximum atomic E-state index is 11.6. The summed E-state index contributed by atoms with van der Waals surface area (Å²) in [5.41, 5.74) is 10.3. The van der Waals surface area contributed by atoms with Crippen molar-refractivity contribution in [2.24, 2.45) is 16.5 Å². The number of fused-ring (bicyclic) bond motifs is 1. The molecule has 1 aromatic carbocycles. The standard InChI is InChI=1S/C10H8ClN3OS/c11-6-2-1-3-7-5(6)4-8(16-7)9(15)14-10(12)13/h1-4H,(H4,12,13,14,15). The van der Waals surface area contributed by atoms with Gasteiger partial charge in [0.05, 0.1) is 4.88 Å². The molecule has 1 amide bonds. The van der Waals surface area contributed by atoms with Gasteiger partial charge in [-0.25, -0.2) is 0 Å². The van der Waals surface area contributed by atoms with E-state index in [4.69, 9.17) is 23.1 Å². The van der Waals surface area contributed by atoms with Crippen LogP contribution < -0.4 is 11.5 Å². The maximum absolute atomic E-state index is 11.6. The minimum Gasteiger partial charge on any atom is -0.370 e. The molecule has 0 saturated carbocycles. The van der Waals surface area contributed by atoms with Crippen LogP contribution in [0.2, 0.25) is 5.02 Å². The summed E-state index contributed by atoms with van der Waals surface area (Å²) >= 11 is 7.30. The van der Waals surface area contributed by atoms with Crippen LogP contribution in [0.5, 0.6) is 0 Å². The maximum Gasteiger partial charge on any atom is 0.290 e. The van der Waals surface area contributed by atoms with Crippen molar-refractivity contribution in [2.45, 2.75) is 0 Å². The van der Waals surface area contributed by atoms with Crippen LogP contribution in [0.1, 0.15) is 9.67 Å². The summed E-state index contributed by atoms with van der Waals surface area (Å²) in [6.07, 6.45) is 0. The van der Waals surface area contributed by atoms with Crippen LogP contribution in [0.25, 0.3) is 10.1 Å². The van der Waals surface area contributed by atoms with Crippen LogP contribution in [-0.2, 0) is 0 Å². The Morgan fingerprint density at radius 1 is 1.38 bits per heavy atom. The fourth-order valence-electron chi connectivity index (χ4n) is 1.30. The lowest BCUT2D eigenvalue weighted by molar-refractivity contribution is 0.101. The molecule has 16 heavy (non-hydrogen) atoms. The summed E-state index contributed by atoms with van der Waals surface area (Å²) in [6.45, 7) is 0. The van der Waals surface area contributed by atoms with Gasteiger partial charge in [0.2, 0.25) is 0 Å². The molecule has 0 unspecified atom stereocenters. The highest BCUT2D eigenvalue weighted by Gasteiger charge is 2.11. The number of carbonyl (C=O) groups is 1. The number of guanidine groups is 1. The van der Waals surface area contributed by atoms with E-state index in [0.717, 1.165) is 10.1 Å². The van der Waals surface area contributed by atoms with Crippen LogP contribution in [0.15, 0.2) is 29.3 Å². The molecule has 4 nitrogen and oxygen atoms in total. The lowest BCUT2D eigenvalue weighted by Crippen LogP contribution is -2.24. The van der Waals surface area contributed by atoms with Crippen molar-refractivity contribution in [3.05, 3.63) is 34.2 Å². The van der Waals surface area contributed by atoms with Gasteiger partial charge in [-0.05, 0) is 18.2 Å². The Kier molecular flexibility index (Phi) is 2.80. The third kappa shape index (κ3) is 2.00. The third-order valence-electron chi connectivity index (χ3n) is 1.95. The molecular weight excluding hydrogens is 246 g/mol. The second kappa shape index (κ2) is 4.11. The van der Waals surface area contributed by atoms with Crippen LogP contribution in [0, 0.1) is 0 Å². The fraction of sp³-hybridized carbons (Fsp3) is 0. The molecule has 6 heteroatoms. The van der Waals surface area contributed by atoms with Gasteiger partial charge in [-0.3, -0.25) is 4.79 Å². The number of nitrogens with two attached hydrogens (primary N) is 2. The monoisotopic (exact) mass is 253 g/mol. The van der Waals surface area contributed by atoms with Crippen molar-refractivity contribution in [3.63, 3.8) is 0 Å². The number of benzene rings is 1. The Morgan fingerprint density at radius 3 is 2.75 bits per heavy atom. The van der Waals surface area contributed by atoms with Crippen molar-refractivity contribution in [2.75, 3.05) is 0 Å². The molecule has 2 rings (SSSR count). The van der Waals surface area contributed by atoms with Gasteiger partial charge < -0.3 is 11.5 Å². The van der Waals surface area contributed by atoms with Gasteiger partial charge in [0.15, 0.2) is 5.96 Å². The first-order valence-electron chi connectivity index (χ1n) is 4.40. The van der Waals surface area contributed by atoms with E-state index in [0.29, 0.717) is 9.90 Å². The highest BCUT2D eigenvalue weighted by atomic mass is 35.5. The van der Waals surface area contributed by atoms with E-state index in [2.05, 4.69) is 4.99 Å². The molecule has 0 radical (unpaired) electrons. The predicted molar refractivity (Wildman–Crippen MR) is 67.0 cm³/mol. The third-order valence-corrected chi connectivity index (χ3v) is 3.37. The van der Waals surface area contributed by atoms with E-state index >= 15 is 0 Å². The Hall–Kier alpha value is -1.59. The van der Waals surface area contributed by atoms with E-state index in [9.17, 15) is 4.79 Å². The lowest BCUT2D eigenvalue weighted by Gasteiger charge is -1.89. The number of amides is 1. The lowest BCUT2D eigenvalue weighted by atomic mass is 10.2. The molecule has 0 fully saturated rings. The molecular formula is C10H8ClN3OS. The van der Waals surface area contributed by atoms with Crippen LogP contribution in [0.3, 0.4) is 0 Å². The van der Waals surface area contributed by atoms with E-state index in [1.165, 1.54) is 11.3 Å². The molecule has 0 atom stereocenters. The van der Waals surface area contributed by atoms with Crippen molar-refractivity contribution in [3.8, 4) is 0 Å². The summed E-state index contributed by atoms with van der Waals surface area (Å²) in [6, 6.07) is 7.18. The molecule has 0 bridgehead atoms. The van der Waals surface area contributed by atoms with Gasteiger partial charge in [0.25, 0.3) is 5.91 Å². The molecule has 4 N–H and O–H groups in total. The summed E-state index contributed by atoms with van der Waals surface area (Å²) in [5.74, 6) is -0.689. The minimum absolute atomic E-state index is 0.242. The summed E-state index contributed by atoms with van der Waals surface area (Å²) in [4.78, 5) is 15.5. The SMILES string of the molecule is NC(N)=NC(=O)c1cc2c(Cl)cccc2s1. The molecule has 0 spiro atoms. The summed E-state index contributed by atoms with van der Waals surface area (Å²) in [7, 11) is 0. The molecule has 0 aliphatic carbocycles. The topological polar surface area (TPSA) is 81.5 Å². The second-order valence-electron chi connectivity index (χ2n) is 3.10. The summed E-state index contributed by atoms with van der Waals surface area (Å²) in [5, 5.41) is 1.45. The predicted octanol–water partition coefficient (Wildman–Crippen LogP) is 1.97. The van der Waals surface area contributed by atoms with Crippen molar-refractivity contribution >= 4 is 44.9 Å². The van der Waals surface area contributed by atoms with E-state index in [-0.39, 0.29) is 5.96 Å². The molecule has 0 aliphatic rings. The van der Waals surface area contributed by atoms with E-state index in [1.807, 2.05) is 12.1 Å². The Labute approximate surface area is 101 Å². The first kappa shape index (κ1) is 10.9. The Bertz CT molecular complexity index is 587. The molecule has 1 heterocycles. The summed E-state index contributed by atoms with van der Waals surface area (Å²) < 4.78 is 0.932. The number of hydrogen-bond donors (Lipinski definition) is 2. The number of carbonyl (C=O) groups excluding carboxylic acids is 1.